The van der Waals surface area contributed by atoms with Crippen LogP contribution in [0.5, 0.6) is 0 Å². The third-order valence-corrected chi connectivity index (χ3v) is 2.87. The fourth-order valence-electron chi connectivity index (χ4n) is 1.16. The molecule has 0 aliphatic rings. The molecule has 1 nitrogen and oxygen atoms in total. The van der Waals surface area contributed by atoms with Crippen molar-refractivity contribution in [3.8, 4) is 0 Å². The standard InChI is InChI=1S/C9H6FIO/c1-5-7-4-6(10)2-3-8(7)12-9(5)11/h2-4H,1H3. The molecule has 0 saturated carbocycles. The summed E-state index contributed by atoms with van der Waals surface area (Å²) in [6.45, 7) is 1.92. The monoisotopic (exact) mass is 276 g/mol. The molecule has 3 heteroatoms. The van der Waals surface area contributed by atoms with Crippen LogP contribution in [-0.4, -0.2) is 0 Å². The van der Waals surface area contributed by atoms with Crippen LogP contribution in [0.2, 0.25) is 0 Å². The Hall–Kier alpha value is -0.580. The molecule has 0 amide bonds. The van der Waals surface area contributed by atoms with Crippen molar-refractivity contribution in [2.75, 3.05) is 0 Å². The van der Waals surface area contributed by atoms with Gasteiger partial charge in [-0.3, -0.25) is 0 Å². The predicted molar refractivity (Wildman–Crippen MR) is 53.6 cm³/mol. The van der Waals surface area contributed by atoms with Gasteiger partial charge in [-0.15, -0.1) is 0 Å². The van der Waals surface area contributed by atoms with E-state index in [4.69, 9.17) is 4.42 Å². The molecule has 1 aromatic heterocycles. The van der Waals surface area contributed by atoms with Crippen LogP contribution < -0.4 is 0 Å². The zero-order valence-corrected chi connectivity index (χ0v) is 8.55. The molecule has 12 heavy (non-hydrogen) atoms. The van der Waals surface area contributed by atoms with Gasteiger partial charge < -0.3 is 4.42 Å². The summed E-state index contributed by atoms with van der Waals surface area (Å²) in [5.74, 6) is -0.220. The molecule has 0 aliphatic carbocycles. The predicted octanol–water partition coefficient (Wildman–Crippen LogP) is 3.48. The SMILES string of the molecule is Cc1c(I)oc2ccc(F)cc12. The lowest BCUT2D eigenvalue weighted by molar-refractivity contribution is 0.578. The highest BCUT2D eigenvalue weighted by Gasteiger charge is 2.07. The molecular formula is C9H6FIO. The first-order valence-corrected chi connectivity index (χ1v) is 4.60. The lowest BCUT2D eigenvalue weighted by Gasteiger charge is -1.88. The molecule has 1 aromatic carbocycles. The number of halogens is 2. The molecule has 0 unspecified atom stereocenters. The van der Waals surface area contributed by atoms with Gasteiger partial charge in [0.05, 0.1) is 0 Å². The van der Waals surface area contributed by atoms with Gasteiger partial charge >= 0.3 is 0 Å². The van der Waals surface area contributed by atoms with Gasteiger partial charge in [-0.25, -0.2) is 4.39 Å². The Morgan fingerprint density at radius 2 is 2.17 bits per heavy atom. The number of aryl methyl sites for hydroxylation is 1. The summed E-state index contributed by atoms with van der Waals surface area (Å²) in [7, 11) is 0. The summed E-state index contributed by atoms with van der Waals surface area (Å²) < 4.78 is 19.0. The molecule has 0 fully saturated rings. The minimum absolute atomic E-state index is 0.220. The molecular weight excluding hydrogens is 270 g/mol. The van der Waals surface area contributed by atoms with Crippen LogP contribution in [0.25, 0.3) is 11.0 Å². The molecule has 0 atom stereocenters. The molecule has 0 N–H and O–H groups in total. The van der Waals surface area contributed by atoms with Gasteiger partial charge in [0.2, 0.25) is 0 Å². The molecule has 2 rings (SSSR count). The number of hydrogen-bond donors (Lipinski definition) is 0. The summed E-state index contributed by atoms with van der Waals surface area (Å²) in [4.78, 5) is 0. The first-order valence-electron chi connectivity index (χ1n) is 3.52. The molecule has 0 spiro atoms. The third kappa shape index (κ3) is 1.12. The van der Waals surface area contributed by atoms with Crippen molar-refractivity contribution in [3.05, 3.63) is 33.3 Å². The van der Waals surface area contributed by atoms with E-state index in [0.29, 0.717) is 0 Å². The van der Waals surface area contributed by atoms with Crippen molar-refractivity contribution in [2.45, 2.75) is 6.92 Å². The van der Waals surface area contributed by atoms with Crippen molar-refractivity contribution in [1.29, 1.82) is 0 Å². The zero-order chi connectivity index (χ0) is 8.72. The fourth-order valence-corrected chi connectivity index (χ4v) is 1.69. The lowest BCUT2D eigenvalue weighted by atomic mass is 10.2. The second kappa shape index (κ2) is 2.73. The number of furan rings is 1. The third-order valence-electron chi connectivity index (χ3n) is 1.84. The lowest BCUT2D eigenvalue weighted by Crippen LogP contribution is -1.73. The van der Waals surface area contributed by atoms with Crippen molar-refractivity contribution in [3.63, 3.8) is 0 Å². The van der Waals surface area contributed by atoms with Gasteiger partial charge in [-0.05, 0) is 47.7 Å². The quantitative estimate of drug-likeness (QED) is 0.671. The zero-order valence-electron chi connectivity index (χ0n) is 6.40. The van der Waals surface area contributed by atoms with Crippen LogP contribution in [-0.2, 0) is 0 Å². The van der Waals surface area contributed by atoms with E-state index in [1.807, 2.05) is 6.92 Å². The average molecular weight is 276 g/mol. The Morgan fingerprint density at radius 3 is 2.92 bits per heavy atom. The van der Waals surface area contributed by atoms with Crippen LogP contribution >= 0.6 is 22.6 Å². The van der Waals surface area contributed by atoms with Crippen molar-refractivity contribution < 1.29 is 8.81 Å². The summed E-state index contributed by atoms with van der Waals surface area (Å²) in [5.41, 5.74) is 1.75. The van der Waals surface area contributed by atoms with Gasteiger partial charge in [0.1, 0.15) is 11.4 Å². The Labute approximate surface area is 82.7 Å². The van der Waals surface area contributed by atoms with E-state index >= 15 is 0 Å². The Bertz CT molecular complexity index is 433. The van der Waals surface area contributed by atoms with Gasteiger partial charge in [0.25, 0.3) is 0 Å². The number of hydrogen-bond acceptors (Lipinski definition) is 1. The summed E-state index contributed by atoms with van der Waals surface area (Å²) in [5, 5.41) is 0.861. The van der Waals surface area contributed by atoms with Crippen LogP contribution in [0, 0.1) is 16.5 Å². The molecule has 1 heterocycles. The molecule has 62 valence electrons. The topological polar surface area (TPSA) is 13.1 Å². The van der Waals surface area contributed by atoms with Crippen LogP contribution in [0.4, 0.5) is 4.39 Å². The van der Waals surface area contributed by atoms with E-state index in [1.54, 1.807) is 6.07 Å². The first-order chi connectivity index (χ1) is 5.68. The minimum atomic E-state index is -0.220. The summed E-state index contributed by atoms with van der Waals surface area (Å²) in [6, 6.07) is 4.55. The van der Waals surface area contributed by atoms with E-state index in [9.17, 15) is 4.39 Å². The van der Waals surface area contributed by atoms with E-state index in [0.717, 1.165) is 20.3 Å². The Morgan fingerprint density at radius 1 is 1.42 bits per heavy atom. The van der Waals surface area contributed by atoms with E-state index in [1.165, 1.54) is 12.1 Å². The minimum Gasteiger partial charge on any atom is -0.450 e. The van der Waals surface area contributed by atoms with Crippen LogP contribution in [0.1, 0.15) is 5.56 Å². The molecule has 0 radical (unpaired) electrons. The van der Waals surface area contributed by atoms with E-state index in [2.05, 4.69) is 22.6 Å². The van der Waals surface area contributed by atoms with Crippen molar-refractivity contribution in [2.24, 2.45) is 0 Å². The van der Waals surface area contributed by atoms with Crippen LogP contribution in [0.15, 0.2) is 22.6 Å². The smallest absolute Gasteiger partial charge is 0.167 e. The number of rotatable bonds is 0. The number of benzene rings is 1. The van der Waals surface area contributed by atoms with Crippen LogP contribution in [0.3, 0.4) is 0 Å². The molecule has 0 aliphatic heterocycles. The second-order valence-electron chi connectivity index (χ2n) is 2.64. The highest BCUT2D eigenvalue weighted by molar-refractivity contribution is 14.1. The molecule has 2 aromatic rings. The highest BCUT2D eigenvalue weighted by atomic mass is 127. The molecule has 0 saturated heterocycles. The average Bonchev–Trinajstić information content (AvgIpc) is 2.31. The number of fused-ring (bicyclic) bond motifs is 1. The maximum absolute atomic E-state index is 12.8. The van der Waals surface area contributed by atoms with Gasteiger partial charge in [-0.1, -0.05) is 0 Å². The fraction of sp³-hybridized carbons (Fsp3) is 0.111. The second-order valence-corrected chi connectivity index (χ2v) is 3.62. The largest absolute Gasteiger partial charge is 0.450 e. The van der Waals surface area contributed by atoms with Crippen molar-refractivity contribution in [1.82, 2.24) is 0 Å². The van der Waals surface area contributed by atoms with Gasteiger partial charge in [0, 0.05) is 10.9 Å². The summed E-state index contributed by atoms with van der Waals surface area (Å²) >= 11 is 2.10. The Balaban J connectivity index is 2.88. The first kappa shape index (κ1) is 8.04. The maximum atomic E-state index is 12.8. The van der Waals surface area contributed by atoms with Gasteiger partial charge in [0.15, 0.2) is 3.77 Å². The normalized spacial score (nSPS) is 10.9. The Kier molecular flexibility index (Phi) is 1.83. The van der Waals surface area contributed by atoms with Gasteiger partial charge in [-0.2, -0.15) is 0 Å². The van der Waals surface area contributed by atoms with E-state index < -0.39 is 0 Å². The molecule has 0 bridgehead atoms. The summed E-state index contributed by atoms with van der Waals surface area (Å²) in [6.07, 6.45) is 0. The highest BCUT2D eigenvalue weighted by Crippen LogP contribution is 2.26. The van der Waals surface area contributed by atoms with Crippen molar-refractivity contribution >= 4 is 33.6 Å². The van der Waals surface area contributed by atoms with E-state index in [-0.39, 0.29) is 5.82 Å². The maximum Gasteiger partial charge on any atom is 0.167 e.